The molecule has 2 rings (SSSR count). The second-order valence-electron chi connectivity index (χ2n) is 4.81. The van der Waals surface area contributed by atoms with Crippen LogP contribution in [0.5, 0.6) is 0 Å². The highest BCUT2D eigenvalue weighted by molar-refractivity contribution is 7.89. The predicted molar refractivity (Wildman–Crippen MR) is 84.4 cm³/mol. The minimum absolute atomic E-state index is 0. The van der Waals surface area contributed by atoms with Crippen molar-refractivity contribution in [1.82, 2.24) is 10.6 Å². The third-order valence-electron chi connectivity index (χ3n) is 3.20. The summed E-state index contributed by atoms with van der Waals surface area (Å²) in [4.78, 5) is 11.9. The number of amides is 1. The molecule has 1 heterocycles. The summed E-state index contributed by atoms with van der Waals surface area (Å²) in [5.74, 6) is -0.0872. The Balaban J connectivity index is 0.00000242. The van der Waals surface area contributed by atoms with Crippen LogP contribution in [-0.2, 0) is 26.0 Å². The molecule has 0 radical (unpaired) electrons. The van der Waals surface area contributed by atoms with E-state index in [2.05, 4.69) is 10.6 Å². The van der Waals surface area contributed by atoms with Crippen molar-refractivity contribution in [3.63, 3.8) is 0 Å². The van der Waals surface area contributed by atoms with Crippen molar-refractivity contribution in [1.29, 1.82) is 0 Å². The summed E-state index contributed by atoms with van der Waals surface area (Å²) in [6.45, 7) is 2.16. The van der Waals surface area contributed by atoms with Gasteiger partial charge in [0.2, 0.25) is 15.9 Å². The van der Waals surface area contributed by atoms with E-state index < -0.39 is 10.0 Å². The second kappa shape index (κ2) is 8.44. The number of hydrogen-bond donors (Lipinski definition) is 3. The summed E-state index contributed by atoms with van der Waals surface area (Å²) in [5, 5.41) is 10.9. The van der Waals surface area contributed by atoms with E-state index in [0.717, 1.165) is 5.56 Å². The molecule has 9 heteroatoms. The fourth-order valence-corrected chi connectivity index (χ4v) is 2.55. The SMILES string of the molecule is Cl.NS(=O)(=O)c1ccc(CCNC(=O)C2COCCN2)cc1. The zero-order valence-electron chi connectivity index (χ0n) is 11.9. The Morgan fingerprint density at radius 3 is 2.59 bits per heavy atom. The maximum atomic E-state index is 11.8. The van der Waals surface area contributed by atoms with Crippen LogP contribution < -0.4 is 15.8 Å². The number of benzene rings is 1. The Morgan fingerprint density at radius 1 is 1.36 bits per heavy atom. The zero-order chi connectivity index (χ0) is 15.3. The first-order valence-electron chi connectivity index (χ1n) is 6.67. The molecule has 0 aromatic heterocycles. The molecule has 1 saturated heterocycles. The first-order valence-corrected chi connectivity index (χ1v) is 8.22. The molecule has 1 aliphatic rings. The van der Waals surface area contributed by atoms with Crippen molar-refractivity contribution in [2.45, 2.75) is 17.4 Å². The third-order valence-corrected chi connectivity index (χ3v) is 4.13. The lowest BCUT2D eigenvalue weighted by Gasteiger charge is -2.22. The molecule has 1 atom stereocenters. The van der Waals surface area contributed by atoms with Crippen molar-refractivity contribution >= 4 is 28.3 Å². The molecule has 1 aromatic rings. The molecule has 7 nitrogen and oxygen atoms in total. The number of sulfonamides is 1. The highest BCUT2D eigenvalue weighted by Crippen LogP contribution is 2.08. The Kier molecular flexibility index (Phi) is 7.24. The lowest BCUT2D eigenvalue weighted by molar-refractivity contribution is -0.125. The van der Waals surface area contributed by atoms with Crippen molar-refractivity contribution in [2.75, 3.05) is 26.3 Å². The van der Waals surface area contributed by atoms with Gasteiger partial charge in [-0.15, -0.1) is 12.4 Å². The number of ether oxygens (including phenoxy) is 1. The largest absolute Gasteiger partial charge is 0.378 e. The molecule has 0 spiro atoms. The van der Waals surface area contributed by atoms with E-state index in [9.17, 15) is 13.2 Å². The Morgan fingerprint density at radius 2 is 2.05 bits per heavy atom. The van der Waals surface area contributed by atoms with Crippen LogP contribution in [0.25, 0.3) is 0 Å². The molecule has 1 unspecified atom stereocenters. The number of rotatable bonds is 5. The van der Waals surface area contributed by atoms with Crippen LogP contribution in [0, 0.1) is 0 Å². The first-order chi connectivity index (χ1) is 9.97. The molecule has 1 aliphatic heterocycles. The normalized spacial score (nSPS) is 18.3. The minimum atomic E-state index is -3.66. The van der Waals surface area contributed by atoms with E-state index in [0.29, 0.717) is 32.7 Å². The summed E-state index contributed by atoms with van der Waals surface area (Å²) in [6.07, 6.45) is 0.615. The van der Waals surface area contributed by atoms with Crippen molar-refractivity contribution in [3.05, 3.63) is 29.8 Å². The average molecular weight is 350 g/mol. The van der Waals surface area contributed by atoms with Crippen LogP contribution in [0.1, 0.15) is 5.56 Å². The highest BCUT2D eigenvalue weighted by atomic mass is 35.5. The lowest BCUT2D eigenvalue weighted by Crippen LogP contribution is -2.51. The summed E-state index contributed by atoms with van der Waals surface area (Å²) >= 11 is 0. The van der Waals surface area contributed by atoms with E-state index >= 15 is 0 Å². The van der Waals surface area contributed by atoms with Gasteiger partial charge in [-0.05, 0) is 24.1 Å². The number of primary sulfonamides is 1. The Bertz CT molecular complexity index is 586. The van der Waals surface area contributed by atoms with Gasteiger partial charge in [0.25, 0.3) is 0 Å². The number of morpholine rings is 1. The Labute approximate surface area is 136 Å². The number of hydrogen-bond acceptors (Lipinski definition) is 5. The molecule has 0 aliphatic carbocycles. The van der Waals surface area contributed by atoms with E-state index in [1.165, 1.54) is 12.1 Å². The second-order valence-corrected chi connectivity index (χ2v) is 6.37. The number of halogens is 1. The lowest BCUT2D eigenvalue weighted by atomic mass is 10.1. The van der Waals surface area contributed by atoms with Crippen molar-refractivity contribution in [3.8, 4) is 0 Å². The predicted octanol–water partition coefficient (Wildman–Crippen LogP) is -0.597. The van der Waals surface area contributed by atoms with Gasteiger partial charge in [0.15, 0.2) is 0 Å². The topological polar surface area (TPSA) is 111 Å². The van der Waals surface area contributed by atoms with Crippen LogP contribution in [0.15, 0.2) is 29.2 Å². The van der Waals surface area contributed by atoms with Crippen molar-refractivity contribution in [2.24, 2.45) is 5.14 Å². The van der Waals surface area contributed by atoms with E-state index in [-0.39, 0.29) is 29.3 Å². The summed E-state index contributed by atoms with van der Waals surface area (Å²) < 4.78 is 27.5. The number of nitrogens with two attached hydrogens (primary N) is 1. The summed E-state index contributed by atoms with van der Waals surface area (Å²) in [7, 11) is -3.66. The Hall–Kier alpha value is -1.19. The fraction of sp³-hybridized carbons (Fsp3) is 0.462. The quantitative estimate of drug-likeness (QED) is 0.657. The van der Waals surface area contributed by atoms with Crippen LogP contribution in [0.3, 0.4) is 0 Å². The molecule has 1 fully saturated rings. The average Bonchev–Trinajstić information content (AvgIpc) is 2.47. The zero-order valence-corrected chi connectivity index (χ0v) is 13.6. The van der Waals surface area contributed by atoms with E-state index in [1.54, 1.807) is 12.1 Å². The van der Waals surface area contributed by atoms with Gasteiger partial charge in [-0.2, -0.15) is 0 Å². The molecule has 4 N–H and O–H groups in total. The molecule has 0 bridgehead atoms. The molecular weight excluding hydrogens is 330 g/mol. The van der Waals surface area contributed by atoms with Crippen LogP contribution in [0.2, 0.25) is 0 Å². The van der Waals surface area contributed by atoms with E-state index in [1.807, 2.05) is 0 Å². The number of carbonyl (C=O) groups excluding carboxylic acids is 1. The number of carbonyl (C=O) groups is 1. The maximum absolute atomic E-state index is 11.8. The van der Waals surface area contributed by atoms with Crippen LogP contribution in [0.4, 0.5) is 0 Å². The molecule has 0 saturated carbocycles. The summed E-state index contributed by atoms with van der Waals surface area (Å²) in [5.41, 5.74) is 0.926. The fourth-order valence-electron chi connectivity index (χ4n) is 2.03. The molecule has 124 valence electrons. The van der Waals surface area contributed by atoms with Gasteiger partial charge in [-0.25, -0.2) is 13.6 Å². The summed E-state index contributed by atoms with van der Waals surface area (Å²) in [6, 6.07) is 6.00. The monoisotopic (exact) mass is 349 g/mol. The maximum Gasteiger partial charge on any atom is 0.239 e. The van der Waals surface area contributed by atoms with Crippen molar-refractivity contribution < 1.29 is 17.9 Å². The first kappa shape index (κ1) is 18.9. The molecule has 1 aromatic carbocycles. The third kappa shape index (κ3) is 5.54. The standard InChI is InChI=1S/C13H19N3O4S.ClH/c14-21(18,19)11-3-1-10(2-4-11)5-6-16-13(17)12-9-20-8-7-15-12;/h1-4,12,15H,5-9H2,(H,16,17)(H2,14,18,19);1H. The number of nitrogens with one attached hydrogen (secondary N) is 2. The smallest absolute Gasteiger partial charge is 0.239 e. The molecular formula is C13H20ClN3O4S. The van der Waals surface area contributed by atoms with Gasteiger partial charge in [-0.3, -0.25) is 4.79 Å². The highest BCUT2D eigenvalue weighted by Gasteiger charge is 2.20. The van der Waals surface area contributed by atoms with Gasteiger partial charge in [0, 0.05) is 13.1 Å². The van der Waals surface area contributed by atoms with Gasteiger partial charge in [-0.1, -0.05) is 12.1 Å². The van der Waals surface area contributed by atoms with Gasteiger partial charge in [0.1, 0.15) is 6.04 Å². The van der Waals surface area contributed by atoms with Gasteiger partial charge in [0.05, 0.1) is 18.1 Å². The minimum Gasteiger partial charge on any atom is -0.378 e. The van der Waals surface area contributed by atoms with Crippen LogP contribution in [-0.4, -0.2) is 46.7 Å². The van der Waals surface area contributed by atoms with Gasteiger partial charge < -0.3 is 15.4 Å². The van der Waals surface area contributed by atoms with Gasteiger partial charge >= 0.3 is 0 Å². The van der Waals surface area contributed by atoms with Crippen LogP contribution >= 0.6 is 12.4 Å². The molecule has 22 heavy (non-hydrogen) atoms. The van der Waals surface area contributed by atoms with E-state index in [4.69, 9.17) is 9.88 Å². The molecule has 1 amide bonds.